The van der Waals surface area contributed by atoms with Crippen molar-refractivity contribution < 1.29 is 14.6 Å². The maximum Gasteiger partial charge on any atom is 0.336 e. The average molecular weight is 333 g/mol. The van der Waals surface area contributed by atoms with Crippen LogP contribution in [-0.2, 0) is 6.42 Å². The number of carbonyl (C=O) groups is 1. The number of fused-ring (bicyclic) bond motifs is 1. The highest BCUT2D eigenvalue weighted by molar-refractivity contribution is 9.10. The van der Waals surface area contributed by atoms with E-state index in [0.29, 0.717) is 22.7 Å². The molecule has 1 aliphatic carbocycles. The van der Waals surface area contributed by atoms with Crippen LogP contribution in [0.5, 0.6) is 5.75 Å². The summed E-state index contributed by atoms with van der Waals surface area (Å²) in [5.41, 5.74) is 2.93. The Kier molecular flexibility index (Phi) is 3.49. The molecular formula is C16H13BrO3. The van der Waals surface area contributed by atoms with Gasteiger partial charge in [-0.15, -0.1) is 0 Å². The fraction of sp³-hybridized carbons (Fsp3) is 0.188. The molecule has 102 valence electrons. The second-order valence-electron chi connectivity index (χ2n) is 4.86. The Balaban J connectivity index is 1.68. The maximum absolute atomic E-state index is 11.1. The Hall–Kier alpha value is -1.81. The first kappa shape index (κ1) is 13.2. The maximum atomic E-state index is 11.1. The smallest absolute Gasteiger partial charge is 0.336 e. The fourth-order valence-corrected chi connectivity index (χ4v) is 2.88. The number of halogens is 1. The number of benzene rings is 2. The SMILES string of the molecule is O=C(O)c1cc(OCC2Cc3ccccc32)ccc1Br. The molecule has 0 fully saturated rings. The number of carboxylic acids is 1. The van der Waals surface area contributed by atoms with Crippen molar-refractivity contribution in [3.63, 3.8) is 0 Å². The van der Waals surface area contributed by atoms with E-state index in [4.69, 9.17) is 9.84 Å². The van der Waals surface area contributed by atoms with Crippen molar-refractivity contribution in [2.24, 2.45) is 0 Å². The number of aromatic carboxylic acids is 1. The van der Waals surface area contributed by atoms with Crippen LogP contribution in [0.25, 0.3) is 0 Å². The summed E-state index contributed by atoms with van der Waals surface area (Å²) in [7, 11) is 0. The lowest BCUT2D eigenvalue weighted by atomic mass is 9.78. The minimum Gasteiger partial charge on any atom is -0.493 e. The van der Waals surface area contributed by atoms with Crippen molar-refractivity contribution >= 4 is 21.9 Å². The van der Waals surface area contributed by atoms with E-state index < -0.39 is 5.97 Å². The molecule has 0 saturated heterocycles. The van der Waals surface area contributed by atoms with E-state index in [1.165, 1.54) is 11.1 Å². The van der Waals surface area contributed by atoms with Crippen molar-refractivity contribution in [2.45, 2.75) is 12.3 Å². The van der Waals surface area contributed by atoms with Gasteiger partial charge in [0.05, 0.1) is 12.2 Å². The Morgan fingerprint density at radius 2 is 2.10 bits per heavy atom. The van der Waals surface area contributed by atoms with E-state index >= 15 is 0 Å². The Labute approximate surface area is 125 Å². The van der Waals surface area contributed by atoms with Crippen molar-refractivity contribution in [2.75, 3.05) is 6.61 Å². The molecule has 0 radical (unpaired) electrons. The predicted molar refractivity (Wildman–Crippen MR) is 79.5 cm³/mol. The van der Waals surface area contributed by atoms with Crippen molar-refractivity contribution in [1.29, 1.82) is 0 Å². The van der Waals surface area contributed by atoms with Crippen LogP contribution in [0.2, 0.25) is 0 Å². The molecule has 1 unspecified atom stereocenters. The summed E-state index contributed by atoms with van der Waals surface area (Å²) in [4.78, 5) is 11.1. The number of hydrogen-bond acceptors (Lipinski definition) is 2. The van der Waals surface area contributed by atoms with Crippen LogP contribution in [0.15, 0.2) is 46.9 Å². The molecule has 1 N–H and O–H groups in total. The first-order valence-corrected chi connectivity index (χ1v) is 7.18. The van der Waals surface area contributed by atoms with Gasteiger partial charge in [0.25, 0.3) is 0 Å². The molecule has 3 rings (SSSR count). The summed E-state index contributed by atoms with van der Waals surface area (Å²) in [6.07, 6.45) is 1.03. The first-order valence-electron chi connectivity index (χ1n) is 6.38. The molecule has 4 heteroatoms. The zero-order valence-electron chi connectivity index (χ0n) is 10.7. The monoisotopic (exact) mass is 332 g/mol. The number of ether oxygens (including phenoxy) is 1. The highest BCUT2D eigenvalue weighted by Crippen LogP contribution is 2.35. The second kappa shape index (κ2) is 5.29. The lowest BCUT2D eigenvalue weighted by Crippen LogP contribution is -2.23. The number of rotatable bonds is 4. The molecule has 0 spiro atoms. The quantitative estimate of drug-likeness (QED) is 0.924. The van der Waals surface area contributed by atoms with E-state index in [1.54, 1.807) is 18.2 Å². The number of hydrogen-bond donors (Lipinski definition) is 1. The van der Waals surface area contributed by atoms with Crippen LogP contribution < -0.4 is 4.74 Å². The van der Waals surface area contributed by atoms with Gasteiger partial charge in [0.1, 0.15) is 5.75 Å². The van der Waals surface area contributed by atoms with Gasteiger partial charge in [0, 0.05) is 10.4 Å². The lowest BCUT2D eigenvalue weighted by Gasteiger charge is -2.29. The Morgan fingerprint density at radius 1 is 1.30 bits per heavy atom. The van der Waals surface area contributed by atoms with E-state index in [9.17, 15) is 4.79 Å². The highest BCUT2D eigenvalue weighted by Gasteiger charge is 2.25. The molecule has 20 heavy (non-hydrogen) atoms. The predicted octanol–water partition coefficient (Wildman–Crippen LogP) is 3.87. The van der Waals surface area contributed by atoms with Crippen LogP contribution in [0.1, 0.15) is 27.4 Å². The van der Waals surface area contributed by atoms with Gasteiger partial charge in [-0.3, -0.25) is 0 Å². The van der Waals surface area contributed by atoms with E-state index in [2.05, 4.69) is 28.1 Å². The molecule has 2 aromatic rings. The summed E-state index contributed by atoms with van der Waals surface area (Å²) in [6, 6.07) is 13.4. The average Bonchev–Trinajstić information content (AvgIpc) is 2.41. The zero-order valence-corrected chi connectivity index (χ0v) is 12.3. The molecule has 0 saturated carbocycles. The standard InChI is InChI=1S/C16H13BrO3/c17-15-6-5-12(8-14(15)16(18)19)20-9-11-7-10-3-1-2-4-13(10)11/h1-6,8,11H,7,9H2,(H,18,19). The molecule has 0 bridgehead atoms. The van der Waals surface area contributed by atoms with E-state index in [1.807, 2.05) is 12.1 Å². The first-order chi connectivity index (χ1) is 9.65. The molecule has 0 aromatic heterocycles. The van der Waals surface area contributed by atoms with Crippen molar-refractivity contribution in [1.82, 2.24) is 0 Å². The van der Waals surface area contributed by atoms with Gasteiger partial charge >= 0.3 is 5.97 Å². The van der Waals surface area contributed by atoms with Gasteiger partial charge in [-0.25, -0.2) is 4.79 Å². The molecular weight excluding hydrogens is 320 g/mol. The van der Waals surface area contributed by atoms with Gasteiger partial charge in [-0.1, -0.05) is 24.3 Å². The second-order valence-corrected chi connectivity index (χ2v) is 5.71. The molecule has 1 atom stereocenters. The number of carboxylic acid groups (broad SMARTS) is 1. The van der Waals surface area contributed by atoms with E-state index in [0.717, 1.165) is 6.42 Å². The molecule has 0 heterocycles. The normalized spacial score (nSPS) is 16.1. The summed E-state index contributed by atoms with van der Waals surface area (Å²) in [6.45, 7) is 0.581. The fourth-order valence-electron chi connectivity index (χ4n) is 2.47. The summed E-state index contributed by atoms with van der Waals surface area (Å²) < 4.78 is 6.29. The highest BCUT2D eigenvalue weighted by atomic mass is 79.9. The van der Waals surface area contributed by atoms with Crippen LogP contribution in [-0.4, -0.2) is 17.7 Å². The third-order valence-electron chi connectivity index (χ3n) is 3.58. The summed E-state index contributed by atoms with van der Waals surface area (Å²) >= 11 is 3.22. The zero-order chi connectivity index (χ0) is 14.1. The largest absolute Gasteiger partial charge is 0.493 e. The molecule has 1 aliphatic rings. The molecule has 0 amide bonds. The van der Waals surface area contributed by atoms with E-state index in [-0.39, 0.29) is 5.56 Å². The molecule has 0 aliphatic heterocycles. The van der Waals surface area contributed by atoms with Gasteiger partial charge in [0.15, 0.2) is 0 Å². The Bertz CT molecular complexity index is 667. The van der Waals surface area contributed by atoms with Crippen LogP contribution in [0, 0.1) is 0 Å². The minimum absolute atomic E-state index is 0.219. The van der Waals surface area contributed by atoms with Gasteiger partial charge in [0.2, 0.25) is 0 Å². The van der Waals surface area contributed by atoms with Crippen LogP contribution >= 0.6 is 15.9 Å². The van der Waals surface area contributed by atoms with Crippen molar-refractivity contribution in [3.8, 4) is 5.75 Å². The Morgan fingerprint density at radius 3 is 2.85 bits per heavy atom. The van der Waals surface area contributed by atoms with Crippen molar-refractivity contribution in [3.05, 3.63) is 63.6 Å². The topological polar surface area (TPSA) is 46.5 Å². The summed E-state index contributed by atoms with van der Waals surface area (Å²) in [5, 5.41) is 9.07. The molecule has 3 nitrogen and oxygen atoms in total. The third-order valence-corrected chi connectivity index (χ3v) is 4.27. The van der Waals surface area contributed by atoms with Crippen LogP contribution in [0.4, 0.5) is 0 Å². The van der Waals surface area contributed by atoms with Gasteiger partial charge in [-0.2, -0.15) is 0 Å². The third kappa shape index (κ3) is 2.43. The van der Waals surface area contributed by atoms with Crippen LogP contribution in [0.3, 0.4) is 0 Å². The summed E-state index contributed by atoms with van der Waals surface area (Å²) in [5.74, 6) is 0.0365. The lowest BCUT2D eigenvalue weighted by molar-refractivity contribution is 0.0695. The minimum atomic E-state index is -0.962. The van der Waals surface area contributed by atoms with Gasteiger partial charge < -0.3 is 9.84 Å². The molecule has 2 aromatic carbocycles. The van der Waals surface area contributed by atoms with Gasteiger partial charge in [-0.05, 0) is 51.7 Å².